The van der Waals surface area contributed by atoms with Gasteiger partial charge in [-0.25, -0.2) is 9.97 Å². The highest BCUT2D eigenvalue weighted by molar-refractivity contribution is 9.10. The number of carbonyl (C=O) groups excluding carboxylic acids is 1. The molecule has 0 saturated carbocycles. The maximum absolute atomic E-state index is 12.8. The molecule has 0 aliphatic rings. The molecule has 0 aliphatic heterocycles. The van der Waals surface area contributed by atoms with Gasteiger partial charge in [0.15, 0.2) is 0 Å². The summed E-state index contributed by atoms with van der Waals surface area (Å²) in [5, 5.41) is 5.41. The molecule has 0 atom stereocenters. The molecule has 2 aromatic heterocycles. The van der Waals surface area contributed by atoms with Crippen LogP contribution in [-0.4, -0.2) is 20.9 Å². The van der Waals surface area contributed by atoms with Crippen molar-refractivity contribution in [1.29, 1.82) is 0 Å². The number of anilines is 1. The van der Waals surface area contributed by atoms with Crippen LogP contribution in [-0.2, 0) is 17.4 Å². The Kier molecular flexibility index (Phi) is 6.59. The Morgan fingerprint density at radius 1 is 1.03 bits per heavy atom. The van der Waals surface area contributed by atoms with E-state index in [0.717, 1.165) is 33.2 Å². The molecule has 2 heterocycles. The number of hydrogen-bond acceptors (Lipinski definition) is 4. The lowest BCUT2D eigenvalue weighted by Crippen LogP contribution is -2.15. The van der Waals surface area contributed by atoms with E-state index in [-0.39, 0.29) is 12.3 Å². The highest BCUT2D eigenvalue weighted by Gasteiger charge is 2.30. The number of hydrogen-bond donors (Lipinski definition) is 2. The van der Waals surface area contributed by atoms with E-state index >= 15 is 0 Å². The molecule has 3 aromatic carbocycles. The van der Waals surface area contributed by atoms with Crippen molar-refractivity contribution in [2.24, 2.45) is 0 Å². The van der Waals surface area contributed by atoms with Crippen LogP contribution in [0.2, 0.25) is 5.02 Å². The SMILES string of the molecule is O=C(Cc1csc(-c2ccc(C(F)(F)F)cc2)n1)Nc1cc(-c2nc3ccc(Br)cc3[nH]2)ccc1Cl. The lowest BCUT2D eigenvalue weighted by molar-refractivity contribution is -0.137. The number of imidazole rings is 1. The normalized spacial score (nSPS) is 11.7. The van der Waals surface area contributed by atoms with Gasteiger partial charge in [0.05, 0.1) is 39.4 Å². The second-order valence-corrected chi connectivity index (χ2v) is 10.1. The summed E-state index contributed by atoms with van der Waals surface area (Å²) in [5.74, 6) is 0.308. The molecule has 1 amide bonds. The van der Waals surface area contributed by atoms with Crippen molar-refractivity contribution >= 4 is 61.5 Å². The summed E-state index contributed by atoms with van der Waals surface area (Å²) in [7, 11) is 0. The average Bonchev–Trinajstić information content (AvgIpc) is 3.47. The van der Waals surface area contributed by atoms with Crippen LogP contribution in [0.25, 0.3) is 33.0 Å². The van der Waals surface area contributed by atoms with Crippen LogP contribution in [0.4, 0.5) is 18.9 Å². The summed E-state index contributed by atoms with van der Waals surface area (Å²) < 4.78 is 39.3. The summed E-state index contributed by atoms with van der Waals surface area (Å²) >= 11 is 11.0. The van der Waals surface area contributed by atoms with Crippen molar-refractivity contribution in [3.8, 4) is 22.0 Å². The Labute approximate surface area is 220 Å². The van der Waals surface area contributed by atoms with Gasteiger partial charge >= 0.3 is 6.18 Å². The van der Waals surface area contributed by atoms with Crippen LogP contribution in [0.5, 0.6) is 0 Å². The minimum Gasteiger partial charge on any atom is -0.338 e. The Hall–Kier alpha value is -3.21. The summed E-state index contributed by atoms with van der Waals surface area (Å²) in [6, 6.07) is 15.7. The largest absolute Gasteiger partial charge is 0.416 e. The summed E-state index contributed by atoms with van der Waals surface area (Å²) in [5.41, 5.74) is 3.18. The lowest BCUT2D eigenvalue weighted by atomic mass is 10.1. The van der Waals surface area contributed by atoms with Gasteiger partial charge in [0.25, 0.3) is 0 Å². The Morgan fingerprint density at radius 3 is 2.53 bits per heavy atom. The molecule has 36 heavy (non-hydrogen) atoms. The third-order valence-electron chi connectivity index (χ3n) is 5.31. The number of halogens is 5. The monoisotopic (exact) mass is 590 g/mol. The number of rotatable bonds is 5. The maximum atomic E-state index is 12.8. The number of aromatic nitrogens is 3. The Balaban J connectivity index is 1.30. The van der Waals surface area contributed by atoms with E-state index in [4.69, 9.17) is 11.6 Å². The second-order valence-electron chi connectivity index (χ2n) is 7.89. The first-order chi connectivity index (χ1) is 17.2. The lowest BCUT2D eigenvalue weighted by Gasteiger charge is -2.08. The molecule has 0 fully saturated rings. The third-order valence-corrected chi connectivity index (χ3v) is 7.07. The van der Waals surface area contributed by atoms with E-state index in [0.29, 0.717) is 32.8 Å². The predicted molar refractivity (Wildman–Crippen MR) is 139 cm³/mol. The number of benzene rings is 3. The fraction of sp³-hybridized carbons (Fsp3) is 0.0800. The molecule has 11 heteroatoms. The van der Waals surface area contributed by atoms with Gasteiger partial charge in [0, 0.05) is 21.0 Å². The minimum absolute atomic E-state index is 0.0175. The Morgan fingerprint density at radius 2 is 1.78 bits per heavy atom. The highest BCUT2D eigenvalue weighted by atomic mass is 79.9. The van der Waals surface area contributed by atoms with Crippen molar-refractivity contribution in [1.82, 2.24) is 15.0 Å². The molecule has 182 valence electrons. The fourth-order valence-electron chi connectivity index (χ4n) is 3.57. The van der Waals surface area contributed by atoms with Crippen molar-refractivity contribution in [3.05, 3.63) is 86.8 Å². The van der Waals surface area contributed by atoms with E-state index in [2.05, 4.69) is 36.2 Å². The zero-order valence-electron chi connectivity index (χ0n) is 18.2. The molecular formula is C25H15BrClF3N4OS. The van der Waals surface area contributed by atoms with E-state index in [1.807, 2.05) is 24.3 Å². The van der Waals surface area contributed by atoms with Gasteiger partial charge in [0.2, 0.25) is 5.91 Å². The van der Waals surface area contributed by atoms with Gasteiger partial charge in [0.1, 0.15) is 10.8 Å². The third kappa shape index (κ3) is 5.30. The number of nitrogens with zero attached hydrogens (tertiary/aromatic N) is 2. The average molecular weight is 592 g/mol. The van der Waals surface area contributed by atoms with Crippen molar-refractivity contribution < 1.29 is 18.0 Å². The zero-order valence-corrected chi connectivity index (χ0v) is 21.3. The van der Waals surface area contributed by atoms with Crippen LogP contribution in [0.1, 0.15) is 11.3 Å². The van der Waals surface area contributed by atoms with Gasteiger partial charge in [-0.05, 0) is 48.5 Å². The van der Waals surface area contributed by atoms with Crippen LogP contribution >= 0.6 is 38.9 Å². The van der Waals surface area contributed by atoms with E-state index in [1.165, 1.54) is 23.5 Å². The number of amides is 1. The number of H-pyrrole nitrogens is 1. The molecule has 0 spiro atoms. The number of carbonyl (C=O) groups is 1. The van der Waals surface area contributed by atoms with Gasteiger partial charge in [-0.3, -0.25) is 4.79 Å². The van der Waals surface area contributed by atoms with Gasteiger partial charge in [-0.2, -0.15) is 13.2 Å². The van der Waals surface area contributed by atoms with Gasteiger partial charge in [-0.15, -0.1) is 11.3 Å². The number of aromatic amines is 1. The first-order valence-corrected chi connectivity index (χ1v) is 12.6. The number of alkyl halides is 3. The predicted octanol–water partition coefficient (Wildman–Crippen LogP) is 7.97. The number of fused-ring (bicyclic) bond motifs is 1. The molecule has 0 unspecified atom stereocenters. The van der Waals surface area contributed by atoms with Crippen LogP contribution in [0, 0.1) is 0 Å². The first kappa shape index (κ1) is 24.5. The standard InChI is InChI=1S/C25H15BrClF3N4OS/c26-16-6-8-19-21(10-16)34-23(33-19)14-3-7-18(27)20(9-14)32-22(35)11-17-12-36-24(31-17)13-1-4-15(5-2-13)25(28,29)30/h1-10,12H,11H2,(H,32,35)(H,33,34). The maximum Gasteiger partial charge on any atom is 0.416 e. The van der Waals surface area contributed by atoms with E-state index < -0.39 is 11.7 Å². The topological polar surface area (TPSA) is 70.7 Å². The molecule has 5 nitrogen and oxygen atoms in total. The van der Waals surface area contributed by atoms with Crippen molar-refractivity contribution in [2.45, 2.75) is 12.6 Å². The van der Waals surface area contributed by atoms with Gasteiger partial charge in [-0.1, -0.05) is 39.7 Å². The Bertz CT molecular complexity index is 1580. The fourth-order valence-corrected chi connectivity index (χ4v) is 4.92. The zero-order chi connectivity index (χ0) is 25.4. The molecular weight excluding hydrogens is 577 g/mol. The van der Waals surface area contributed by atoms with Crippen LogP contribution in [0.15, 0.2) is 70.5 Å². The summed E-state index contributed by atoms with van der Waals surface area (Å²) in [6.45, 7) is 0. The van der Waals surface area contributed by atoms with E-state index in [1.54, 1.807) is 17.5 Å². The van der Waals surface area contributed by atoms with Crippen molar-refractivity contribution in [2.75, 3.05) is 5.32 Å². The molecule has 0 radical (unpaired) electrons. The molecule has 0 aliphatic carbocycles. The number of thiazole rings is 1. The van der Waals surface area contributed by atoms with Gasteiger partial charge < -0.3 is 10.3 Å². The first-order valence-electron chi connectivity index (χ1n) is 10.5. The minimum atomic E-state index is -4.40. The van der Waals surface area contributed by atoms with E-state index in [9.17, 15) is 18.0 Å². The van der Waals surface area contributed by atoms with Crippen molar-refractivity contribution in [3.63, 3.8) is 0 Å². The molecule has 2 N–H and O–H groups in total. The highest BCUT2D eigenvalue weighted by Crippen LogP contribution is 2.32. The molecule has 0 bridgehead atoms. The quantitative estimate of drug-likeness (QED) is 0.218. The molecule has 0 saturated heterocycles. The van der Waals surface area contributed by atoms with Crippen LogP contribution in [0.3, 0.4) is 0 Å². The second kappa shape index (κ2) is 9.68. The smallest absolute Gasteiger partial charge is 0.338 e. The van der Waals surface area contributed by atoms with Crippen LogP contribution < -0.4 is 5.32 Å². The summed E-state index contributed by atoms with van der Waals surface area (Å²) in [6.07, 6.45) is -4.42. The molecule has 5 rings (SSSR count). The summed E-state index contributed by atoms with van der Waals surface area (Å²) in [4.78, 5) is 24.9. The molecule has 5 aromatic rings. The number of nitrogens with one attached hydrogen (secondary N) is 2.